The first kappa shape index (κ1) is 15.7. The van der Waals surface area contributed by atoms with Crippen LogP contribution in [0.25, 0.3) is 0 Å². The number of hydrogen-bond acceptors (Lipinski definition) is 3. The van der Waals surface area contributed by atoms with E-state index in [-0.39, 0.29) is 5.91 Å². The van der Waals surface area contributed by atoms with E-state index in [2.05, 4.69) is 11.0 Å². The van der Waals surface area contributed by atoms with Gasteiger partial charge in [-0.3, -0.25) is 14.5 Å². The minimum absolute atomic E-state index is 0.230. The van der Waals surface area contributed by atoms with Gasteiger partial charge in [0.15, 0.2) is 0 Å². The molecule has 2 amide bonds. The van der Waals surface area contributed by atoms with Crippen molar-refractivity contribution in [2.45, 2.75) is 25.8 Å². The highest BCUT2D eigenvalue weighted by Crippen LogP contribution is 2.20. The van der Waals surface area contributed by atoms with Gasteiger partial charge in [-0.1, -0.05) is 18.2 Å². The lowest BCUT2D eigenvalue weighted by Crippen LogP contribution is -2.48. The van der Waals surface area contributed by atoms with Crippen LogP contribution in [-0.2, 0) is 11.3 Å². The molecule has 5 nitrogen and oxygen atoms in total. The van der Waals surface area contributed by atoms with Gasteiger partial charge in [0.1, 0.15) is 0 Å². The van der Waals surface area contributed by atoms with Crippen molar-refractivity contribution in [3.8, 4) is 0 Å². The minimum Gasteiger partial charge on any atom is -0.366 e. The summed E-state index contributed by atoms with van der Waals surface area (Å²) in [6.07, 6.45) is 5.19. The maximum atomic E-state index is 12.4. The van der Waals surface area contributed by atoms with Crippen LogP contribution in [0.15, 0.2) is 35.9 Å². The molecule has 0 radical (unpaired) electrons. The Morgan fingerprint density at radius 1 is 1.04 bits per heavy atom. The number of hydrogen-bond donors (Lipinski definition) is 1. The highest BCUT2D eigenvalue weighted by molar-refractivity contribution is 5.94. The molecule has 1 aromatic carbocycles. The Morgan fingerprint density at radius 3 is 2.30 bits per heavy atom. The molecule has 0 atom stereocenters. The number of benzene rings is 1. The molecule has 23 heavy (non-hydrogen) atoms. The van der Waals surface area contributed by atoms with Gasteiger partial charge in [-0.15, -0.1) is 0 Å². The summed E-state index contributed by atoms with van der Waals surface area (Å²) in [5, 5.41) is 0. The molecule has 0 spiro atoms. The van der Waals surface area contributed by atoms with Crippen molar-refractivity contribution in [3.63, 3.8) is 0 Å². The van der Waals surface area contributed by atoms with Crippen molar-refractivity contribution in [1.82, 2.24) is 9.80 Å². The topological polar surface area (TPSA) is 66.6 Å². The number of allylic oxidation sites excluding steroid dienone is 1. The number of nitrogens with two attached hydrogens (primary N) is 1. The molecule has 2 N–H and O–H groups in total. The van der Waals surface area contributed by atoms with E-state index in [0.717, 1.165) is 63.1 Å². The summed E-state index contributed by atoms with van der Waals surface area (Å²) in [6, 6.07) is 7.43. The molecule has 0 saturated carbocycles. The molecule has 1 aliphatic heterocycles. The van der Waals surface area contributed by atoms with Gasteiger partial charge < -0.3 is 10.6 Å². The molecular formula is C18H23N3O2. The molecule has 1 heterocycles. The molecule has 5 heteroatoms. The molecule has 122 valence electrons. The Labute approximate surface area is 136 Å². The van der Waals surface area contributed by atoms with Crippen LogP contribution in [0.1, 0.15) is 35.2 Å². The number of carbonyl (C=O) groups excluding carboxylic acids is 2. The summed E-state index contributed by atoms with van der Waals surface area (Å²) in [7, 11) is 0. The third kappa shape index (κ3) is 3.79. The van der Waals surface area contributed by atoms with Crippen LogP contribution in [0.3, 0.4) is 0 Å². The van der Waals surface area contributed by atoms with E-state index >= 15 is 0 Å². The number of primary amides is 1. The first-order valence-corrected chi connectivity index (χ1v) is 8.23. The van der Waals surface area contributed by atoms with Crippen LogP contribution in [0.5, 0.6) is 0 Å². The zero-order valence-electron chi connectivity index (χ0n) is 13.3. The standard InChI is InChI=1S/C18H23N3O2/c19-17(22)15-7-5-14(6-8-15)13-20-9-11-21(12-10-20)18(23)16-3-1-2-4-16/h3,5-8H,1-2,4,9-13H2,(H2,19,22). The average molecular weight is 313 g/mol. The minimum atomic E-state index is -0.398. The Morgan fingerprint density at radius 2 is 1.74 bits per heavy atom. The number of rotatable bonds is 4. The first-order valence-electron chi connectivity index (χ1n) is 8.23. The van der Waals surface area contributed by atoms with Crippen molar-refractivity contribution in [2.75, 3.05) is 26.2 Å². The van der Waals surface area contributed by atoms with Gasteiger partial charge in [0.25, 0.3) is 0 Å². The molecular weight excluding hydrogens is 290 g/mol. The zero-order chi connectivity index (χ0) is 16.2. The Bertz CT molecular complexity index is 614. The lowest BCUT2D eigenvalue weighted by molar-refractivity contribution is -0.129. The normalized spacial score (nSPS) is 18.8. The van der Waals surface area contributed by atoms with E-state index < -0.39 is 5.91 Å². The maximum absolute atomic E-state index is 12.4. The van der Waals surface area contributed by atoms with E-state index in [9.17, 15) is 9.59 Å². The van der Waals surface area contributed by atoms with Crippen LogP contribution in [0.4, 0.5) is 0 Å². The highest BCUT2D eigenvalue weighted by atomic mass is 16.2. The highest BCUT2D eigenvalue weighted by Gasteiger charge is 2.24. The van der Waals surface area contributed by atoms with Crippen molar-refractivity contribution in [1.29, 1.82) is 0 Å². The quantitative estimate of drug-likeness (QED) is 0.917. The predicted octanol–water partition coefficient (Wildman–Crippen LogP) is 1.54. The Hall–Kier alpha value is -2.14. The number of nitrogens with zero attached hydrogens (tertiary/aromatic N) is 2. The monoisotopic (exact) mass is 313 g/mol. The molecule has 1 aliphatic carbocycles. The molecule has 2 aliphatic rings. The molecule has 1 aromatic rings. The molecule has 0 bridgehead atoms. The Kier molecular flexibility index (Phi) is 4.76. The fraction of sp³-hybridized carbons (Fsp3) is 0.444. The van der Waals surface area contributed by atoms with Gasteiger partial charge in [-0.2, -0.15) is 0 Å². The largest absolute Gasteiger partial charge is 0.366 e. The van der Waals surface area contributed by atoms with E-state index in [0.29, 0.717) is 5.56 Å². The first-order chi connectivity index (χ1) is 11.1. The van der Waals surface area contributed by atoms with Crippen LogP contribution in [0.2, 0.25) is 0 Å². The smallest absolute Gasteiger partial charge is 0.249 e. The summed E-state index contributed by atoms with van der Waals surface area (Å²) in [5.41, 5.74) is 7.95. The predicted molar refractivity (Wildman–Crippen MR) is 88.8 cm³/mol. The van der Waals surface area contributed by atoms with E-state index in [1.807, 2.05) is 17.0 Å². The van der Waals surface area contributed by atoms with Gasteiger partial charge in [0, 0.05) is 43.9 Å². The summed E-state index contributed by atoms with van der Waals surface area (Å²) in [6.45, 7) is 4.18. The van der Waals surface area contributed by atoms with Crippen LogP contribution in [-0.4, -0.2) is 47.8 Å². The third-order valence-electron chi connectivity index (χ3n) is 4.62. The van der Waals surface area contributed by atoms with Crippen molar-refractivity contribution >= 4 is 11.8 Å². The second kappa shape index (κ2) is 6.96. The molecule has 3 rings (SSSR count). The summed E-state index contributed by atoms with van der Waals surface area (Å²) in [4.78, 5) is 27.8. The van der Waals surface area contributed by atoms with Crippen LogP contribution in [0, 0.1) is 0 Å². The van der Waals surface area contributed by atoms with Gasteiger partial charge >= 0.3 is 0 Å². The molecule has 0 unspecified atom stereocenters. The maximum Gasteiger partial charge on any atom is 0.249 e. The van der Waals surface area contributed by atoms with E-state index in [4.69, 9.17) is 5.73 Å². The van der Waals surface area contributed by atoms with E-state index in [1.165, 1.54) is 0 Å². The summed E-state index contributed by atoms with van der Waals surface area (Å²) >= 11 is 0. The number of amides is 2. The Balaban J connectivity index is 1.51. The SMILES string of the molecule is NC(=O)c1ccc(CN2CCN(C(=O)C3=CCCC3)CC2)cc1. The van der Waals surface area contributed by atoms with Gasteiger partial charge in [-0.05, 0) is 37.0 Å². The van der Waals surface area contributed by atoms with Crippen molar-refractivity contribution in [3.05, 3.63) is 47.0 Å². The van der Waals surface area contributed by atoms with Crippen LogP contribution >= 0.6 is 0 Å². The molecule has 1 saturated heterocycles. The fourth-order valence-electron chi connectivity index (χ4n) is 3.21. The van der Waals surface area contributed by atoms with E-state index in [1.54, 1.807) is 12.1 Å². The molecule has 1 fully saturated rings. The molecule has 0 aromatic heterocycles. The second-order valence-corrected chi connectivity index (χ2v) is 6.25. The van der Waals surface area contributed by atoms with Crippen molar-refractivity contribution < 1.29 is 9.59 Å². The average Bonchev–Trinajstić information content (AvgIpc) is 3.10. The van der Waals surface area contributed by atoms with Crippen LogP contribution < -0.4 is 5.73 Å². The van der Waals surface area contributed by atoms with Gasteiger partial charge in [-0.25, -0.2) is 0 Å². The second-order valence-electron chi connectivity index (χ2n) is 6.25. The number of piperazine rings is 1. The lowest BCUT2D eigenvalue weighted by atomic mass is 10.1. The summed E-state index contributed by atoms with van der Waals surface area (Å²) in [5.74, 6) is -0.169. The third-order valence-corrected chi connectivity index (χ3v) is 4.62. The van der Waals surface area contributed by atoms with Gasteiger partial charge in [0.2, 0.25) is 11.8 Å². The number of carbonyl (C=O) groups is 2. The summed E-state index contributed by atoms with van der Waals surface area (Å²) < 4.78 is 0. The van der Waals surface area contributed by atoms with Gasteiger partial charge in [0.05, 0.1) is 0 Å². The van der Waals surface area contributed by atoms with Crippen molar-refractivity contribution in [2.24, 2.45) is 5.73 Å². The fourth-order valence-corrected chi connectivity index (χ4v) is 3.21. The lowest BCUT2D eigenvalue weighted by Gasteiger charge is -2.35. The zero-order valence-corrected chi connectivity index (χ0v) is 13.3.